The maximum absolute atomic E-state index is 12.1. The number of aliphatic carboxylic acids is 1. The number of aryl methyl sites for hydroxylation is 1. The van der Waals surface area contributed by atoms with Gasteiger partial charge in [0.05, 0.1) is 6.54 Å². The van der Waals surface area contributed by atoms with Crippen molar-refractivity contribution in [3.8, 4) is 5.75 Å². The molecule has 1 aliphatic heterocycles. The molecular weight excluding hydrogens is 356 g/mol. The molecule has 9 heteroatoms. The molecule has 0 amide bonds. The number of rotatable bonds is 4. The zero-order valence-electron chi connectivity index (χ0n) is 13.9. The minimum Gasteiger partial charge on any atom is -0.488 e. The smallest absolute Gasteiger partial charge is 0.326 e. The fourth-order valence-corrected chi connectivity index (χ4v) is 4.06. The lowest BCUT2D eigenvalue weighted by Gasteiger charge is -2.19. The summed E-state index contributed by atoms with van der Waals surface area (Å²) in [5.74, 6) is -0.249. The predicted octanol–water partition coefficient (Wildman–Crippen LogP) is 1.57. The summed E-state index contributed by atoms with van der Waals surface area (Å²) in [6.45, 7) is 2.11. The quantitative estimate of drug-likeness (QED) is 0.742. The standard InChI is InChI=1S/C17H16N4O4S/c1-10-7-14(22)21-16(18-10)26-17(19-21)20-9-12(8-13(20)15(23)24)25-11-5-3-2-4-6-11/h2-7,12-13H,8-9H2,1H3,(H,23,24)/t12-,13-/m0/s1. The first-order chi connectivity index (χ1) is 12.5. The van der Waals surface area contributed by atoms with Crippen LogP contribution in [0.5, 0.6) is 5.75 Å². The van der Waals surface area contributed by atoms with E-state index in [-0.39, 0.29) is 11.7 Å². The Morgan fingerprint density at radius 2 is 2.12 bits per heavy atom. The molecule has 0 unspecified atom stereocenters. The van der Waals surface area contributed by atoms with E-state index in [0.717, 1.165) is 0 Å². The second-order valence-electron chi connectivity index (χ2n) is 6.11. The minimum absolute atomic E-state index is 0.279. The summed E-state index contributed by atoms with van der Waals surface area (Å²) in [6, 6.07) is 9.93. The molecule has 8 nitrogen and oxygen atoms in total. The van der Waals surface area contributed by atoms with Crippen LogP contribution in [0.3, 0.4) is 0 Å². The molecule has 26 heavy (non-hydrogen) atoms. The molecule has 0 radical (unpaired) electrons. The van der Waals surface area contributed by atoms with Gasteiger partial charge in [0, 0.05) is 18.2 Å². The van der Waals surface area contributed by atoms with Gasteiger partial charge in [-0.05, 0) is 19.1 Å². The predicted molar refractivity (Wildman–Crippen MR) is 96.1 cm³/mol. The van der Waals surface area contributed by atoms with E-state index in [0.29, 0.717) is 34.5 Å². The van der Waals surface area contributed by atoms with Crippen molar-refractivity contribution in [3.63, 3.8) is 0 Å². The summed E-state index contributed by atoms with van der Waals surface area (Å²) in [5.41, 5.74) is 0.324. The topological polar surface area (TPSA) is 97.0 Å². The van der Waals surface area contributed by atoms with E-state index in [4.69, 9.17) is 4.74 Å². The lowest BCUT2D eigenvalue weighted by atomic mass is 10.2. The minimum atomic E-state index is -0.945. The van der Waals surface area contributed by atoms with Crippen molar-refractivity contribution < 1.29 is 14.6 Å². The molecule has 3 aromatic rings. The van der Waals surface area contributed by atoms with E-state index in [2.05, 4.69) is 10.1 Å². The molecule has 1 fully saturated rings. The van der Waals surface area contributed by atoms with Crippen molar-refractivity contribution in [3.05, 3.63) is 52.4 Å². The number of para-hydroxylation sites is 1. The van der Waals surface area contributed by atoms with Crippen molar-refractivity contribution in [1.29, 1.82) is 0 Å². The number of carboxylic acid groups (broad SMARTS) is 1. The van der Waals surface area contributed by atoms with Crippen LogP contribution < -0.4 is 15.2 Å². The summed E-state index contributed by atoms with van der Waals surface area (Å²) in [5, 5.41) is 14.3. The summed E-state index contributed by atoms with van der Waals surface area (Å²) in [4.78, 5) is 30.2. The molecule has 1 aliphatic rings. The van der Waals surface area contributed by atoms with Crippen LogP contribution in [0.25, 0.3) is 4.96 Å². The van der Waals surface area contributed by atoms with E-state index in [9.17, 15) is 14.7 Å². The number of nitrogens with zero attached hydrogens (tertiary/aromatic N) is 4. The molecule has 0 bridgehead atoms. The first-order valence-electron chi connectivity index (χ1n) is 8.10. The largest absolute Gasteiger partial charge is 0.488 e. The lowest BCUT2D eigenvalue weighted by molar-refractivity contribution is -0.138. The fraction of sp³-hybridized carbons (Fsp3) is 0.294. The summed E-state index contributed by atoms with van der Waals surface area (Å²) < 4.78 is 7.12. The highest BCUT2D eigenvalue weighted by atomic mass is 32.1. The molecule has 1 saturated heterocycles. The average molecular weight is 372 g/mol. The highest BCUT2D eigenvalue weighted by Gasteiger charge is 2.40. The van der Waals surface area contributed by atoms with Gasteiger partial charge < -0.3 is 14.7 Å². The summed E-state index contributed by atoms with van der Waals surface area (Å²) in [7, 11) is 0. The number of hydrogen-bond acceptors (Lipinski definition) is 7. The first-order valence-corrected chi connectivity index (χ1v) is 8.91. The molecule has 4 rings (SSSR count). The number of carbonyl (C=O) groups is 1. The van der Waals surface area contributed by atoms with Gasteiger partial charge in [0.15, 0.2) is 0 Å². The van der Waals surface area contributed by atoms with Gasteiger partial charge in [-0.15, -0.1) is 5.10 Å². The van der Waals surface area contributed by atoms with Crippen molar-refractivity contribution in [1.82, 2.24) is 14.6 Å². The van der Waals surface area contributed by atoms with E-state index >= 15 is 0 Å². The maximum atomic E-state index is 12.1. The molecule has 134 valence electrons. The van der Waals surface area contributed by atoms with Crippen molar-refractivity contribution in [2.75, 3.05) is 11.4 Å². The molecule has 0 saturated carbocycles. The molecule has 0 aliphatic carbocycles. The average Bonchev–Trinajstić information content (AvgIpc) is 3.20. The van der Waals surface area contributed by atoms with Crippen LogP contribution in [0, 0.1) is 6.92 Å². The van der Waals surface area contributed by atoms with Gasteiger partial charge in [0.2, 0.25) is 10.1 Å². The Morgan fingerprint density at radius 3 is 2.85 bits per heavy atom. The molecule has 0 spiro atoms. The van der Waals surface area contributed by atoms with Crippen LogP contribution in [0.1, 0.15) is 12.1 Å². The van der Waals surface area contributed by atoms with E-state index in [1.54, 1.807) is 11.8 Å². The third-order valence-electron chi connectivity index (χ3n) is 4.20. The Labute approximate surface area is 152 Å². The molecular formula is C17H16N4O4S. The SMILES string of the molecule is Cc1cc(=O)n2nc(N3C[C@@H](Oc4ccccc4)C[C@H]3C(=O)O)sc2n1. The van der Waals surface area contributed by atoms with Gasteiger partial charge in [-0.2, -0.15) is 4.52 Å². The third kappa shape index (κ3) is 3.01. The number of carboxylic acids is 1. The second kappa shape index (κ2) is 6.41. The highest BCUT2D eigenvalue weighted by Crippen LogP contribution is 2.31. The third-order valence-corrected chi connectivity index (χ3v) is 5.15. The van der Waals surface area contributed by atoms with Crippen LogP contribution in [0.15, 0.2) is 41.2 Å². The van der Waals surface area contributed by atoms with E-state index in [1.165, 1.54) is 21.9 Å². The zero-order chi connectivity index (χ0) is 18.3. The zero-order valence-corrected chi connectivity index (χ0v) is 14.7. The highest BCUT2D eigenvalue weighted by molar-refractivity contribution is 7.20. The Balaban J connectivity index is 1.65. The Kier molecular flexibility index (Phi) is 4.08. The lowest BCUT2D eigenvalue weighted by Crippen LogP contribution is -2.36. The Hall–Kier alpha value is -2.94. The van der Waals surface area contributed by atoms with Crippen molar-refractivity contribution in [2.45, 2.75) is 25.5 Å². The van der Waals surface area contributed by atoms with Crippen LogP contribution in [-0.2, 0) is 4.79 Å². The van der Waals surface area contributed by atoms with Crippen molar-refractivity contribution >= 4 is 27.4 Å². The van der Waals surface area contributed by atoms with Gasteiger partial charge in [0.25, 0.3) is 5.56 Å². The normalized spacial score (nSPS) is 19.8. The van der Waals surface area contributed by atoms with E-state index in [1.807, 2.05) is 30.3 Å². The van der Waals surface area contributed by atoms with Gasteiger partial charge in [-0.3, -0.25) is 4.79 Å². The van der Waals surface area contributed by atoms with Gasteiger partial charge in [-0.25, -0.2) is 9.78 Å². The van der Waals surface area contributed by atoms with Crippen LogP contribution in [0.4, 0.5) is 5.13 Å². The Morgan fingerprint density at radius 1 is 1.35 bits per heavy atom. The number of ether oxygens (including phenoxy) is 1. The number of aromatic nitrogens is 3. The Bertz CT molecular complexity index is 1020. The molecule has 3 heterocycles. The molecule has 2 aromatic heterocycles. The molecule has 1 N–H and O–H groups in total. The maximum Gasteiger partial charge on any atom is 0.326 e. The number of benzene rings is 1. The van der Waals surface area contributed by atoms with Gasteiger partial charge in [-0.1, -0.05) is 29.5 Å². The summed E-state index contributed by atoms with van der Waals surface area (Å²) in [6.07, 6.45) is 0.0542. The van der Waals surface area contributed by atoms with E-state index < -0.39 is 12.0 Å². The fourth-order valence-electron chi connectivity index (χ4n) is 3.05. The van der Waals surface area contributed by atoms with Crippen LogP contribution >= 0.6 is 11.3 Å². The number of fused-ring (bicyclic) bond motifs is 1. The number of anilines is 1. The number of hydrogen-bond donors (Lipinski definition) is 1. The van der Waals surface area contributed by atoms with Gasteiger partial charge >= 0.3 is 5.97 Å². The van der Waals surface area contributed by atoms with Crippen LogP contribution in [-0.4, -0.2) is 44.4 Å². The monoisotopic (exact) mass is 372 g/mol. The molecule has 1 aromatic carbocycles. The summed E-state index contributed by atoms with van der Waals surface area (Å²) >= 11 is 1.20. The van der Waals surface area contributed by atoms with Crippen LogP contribution in [0.2, 0.25) is 0 Å². The molecule has 2 atom stereocenters. The first kappa shape index (κ1) is 16.5. The van der Waals surface area contributed by atoms with Crippen molar-refractivity contribution in [2.24, 2.45) is 0 Å². The van der Waals surface area contributed by atoms with Gasteiger partial charge in [0.1, 0.15) is 17.9 Å². The second-order valence-corrected chi connectivity index (χ2v) is 7.04.